The van der Waals surface area contributed by atoms with Crippen molar-refractivity contribution in [2.75, 3.05) is 7.11 Å². The predicted molar refractivity (Wildman–Crippen MR) is 75.9 cm³/mol. The van der Waals surface area contributed by atoms with Gasteiger partial charge in [0.15, 0.2) is 5.82 Å². The van der Waals surface area contributed by atoms with Gasteiger partial charge in [-0.05, 0) is 36.8 Å². The number of methoxy groups -OCH3 is 1. The van der Waals surface area contributed by atoms with Gasteiger partial charge in [-0.3, -0.25) is 0 Å². The number of benzene rings is 1. The fraction of sp³-hybridized carbons (Fsp3) is 0.214. The van der Waals surface area contributed by atoms with Crippen molar-refractivity contribution >= 4 is 10.0 Å². The van der Waals surface area contributed by atoms with E-state index in [-0.39, 0.29) is 0 Å². The summed E-state index contributed by atoms with van der Waals surface area (Å²) < 4.78 is 45.3. The van der Waals surface area contributed by atoms with Gasteiger partial charge in [0.1, 0.15) is 5.75 Å². The van der Waals surface area contributed by atoms with Crippen LogP contribution < -0.4 is 9.46 Å². The van der Waals surface area contributed by atoms with Gasteiger partial charge in [0.25, 0.3) is 10.0 Å². The minimum atomic E-state index is -4.03. The van der Waals surface area contributed by atoms with Gasteiger partial charge in [-0.15, -0.1) is 0 Å². The molecule has 7 heteroatoms. The molecule has 1 aromatic carbocycles. The van der Waals surface area contributed by atoms with Crippen molar-refractivity contribution in [1.29, 1.82) is 0 Å². The summed E-state index contributed by atoms with van der Waals surface area (Å²) in [6, 6.07) is 8.81. The molecular formula is C14H15FN2O3S. The van der Waals surface area contributed by atoms with Gasteiger partial charge in [-0.1, -0.05) is 12.1 Å². The molecule has 0 radical (unpaired) electrons. The monoisotopic (exact) mass is 310 g/mol. The van der Waals surface area contributed by atoms with Crippen molar-refractivity contribution < 1.29 is 17.5 Å². The minimum Gasteiger partial charge on any atom is -0.497 e. The number of sulfonamides is 1. The number of nitrogens with one attached hydrogen (secondary N) is 1. The summed E-state index contributed by atoms with van der Waals surface area (Å²) >= 11 is 0. The van der Waals surface area contributed by atoms with Crippen LogP contribution in [0.5, 0.6) is 5.75 Å². The Morgan fingerprint density at radius 3 is 2.71 bits per heavy atom. The number of halogens is 1. The Balaban J connectivity index is 2.26. The predicted octanol–water partition coefficient (Wildman–Crippen LogP) is 2.27. The van der Waals surface area contributed by atoms with E-state index < -0.39 is 26.9 Å². The van der Waals surface area contributed by atoms with E-state index in [1.165, 1.54) is 19.4 Å². The molecule has 0 bridgehead atoms. The van der Waals surface area contributed by atoms with Gasteiger partial charge in [-0.25, -0.2) is 22.5 Å². The van der Waals surface area contributed by atoms with Crippen LogP contribution in [0.3, 0.4) is 0 Å². The molecule has 1 aromatic heterocycles. The Kier molecular flexibility index (Phi) is 4.54. The van der Waals surface area contributed by atoms with Gasteiger partial charge in [-0.2, -0.15) is 0 Å². The molecule has 0 saturated carbocycles. The van der Waals surface area contributed by atoms with Crippen LogP contribution in [0, 0.1) is 5.82 Å². The van der Waals surface area contributed by atoms with Crippen molar-refractivity contribution in [2.45, 2.75) is 18.0 Å². The Morgan fingerprint density at radius 2 is 2.05 bits per heavy atom. The third kappa shape index (κ3) is 3.56. The summed E-state index contributed by atoms with van der Waals surface area (Å²) in [5, 5.41) is -0.611. The molecule has 5 nitrogen and oxygen atoms in total. The highest BCUT2D eigenvalue weighted by atomic mass is 32.2. The first-order valence-corrected chi connectivity index (χ1v) is 7.69. The Morgan fingerprint density at radius 1 is 1.29 bits per heavy atom. The highest BCUT2D eigenvalue weighted by Crippen LogP contribution is 2.21. The number of pyridine rings is 1. The average Bonchev–Trinajstić information content (AvgIpc) is 2.47. The first-order valence-electron chi connectivity index (χ1n) is 6.21. The zero-order chi connectivity index (χ0) is 15.5. The zero-order valence-electron chi connectivity index (χ0n) is 11.6. The standard InChI is InChI=1S/C14H15FN2O3S/c1-10(11-5-3-6-12(9-11)20-2)17-21(18,19)14-13(15)7-4-8-16-14/h3-10,17H,1-2H3. The van der Waals surface area contributed by atoms with Gasteiger partial charge in [0.05, 0.1) is 7.11 Å². The second-order valence-corrected chi connectivity index (χ2v) is 6.04. The highest BCUT2D eigenvalue weighted by Gasteiger charge is 2.23. The molecule has 1 atom stereocenters. The molecule has 1 N–H and O–H groups in total. The lowest BCUT2D eigenvalue weighted by molar-refractivity contribution is 0.413. The molecule has 112 valence electrons. The molecular weight excluding hydrogens is 295 g/mol. The Hall–Kier alpha value is -1.99. The molecule has 0 aliphatic heterocycles. The van der Waals surface area contributed by atoms with E-state index in [1.54, 1.807) is 31.2 Å². The number of aromatic nitrogens is 1. The topological polar surface area (TPSA) is 68.3 Å². The van der Waals surface area contributed by atoms with E-state index in [4.69, 9.17) is 4.74 Å². The largest absolute Gasteiger partial charge is 0.497 e. The molecule has 1 unspecified atom stereocenters. The summed E-state index contributed by atoms with van der Waals surface area (Å²) in [6.07, 6.45) is 1.23. The summed E-state index contributed by atoms with van der Waals surface area (Å²) in [5.41, 5.74) is 0.703. The number of ether oxygens (including phenoxy) is 1. The van der Waals surface area contributed by atoms with E-state index in [9.17, 15) is 12.8 Å². The van der Waals surface area contributed by atoms with Crippen LogP contribution in [0.25, 0.3) is 0 Å². The lowest BCUT2D eigenvalue weighted by Gasteiger charge is -2.15. The molecule has 0 spiro atoms. The number of hydrogen-bond donors (Lipinski definition) is 1. The van der Waals surface area contributed by atoms with E-state index in [1.807, 2.05) is 0 Å². The fourth-order valence-electron chi connectivity index (χ4n) is 1.84. The molecule has 0 amide bonds. The van der Waals surface area contributed by atoms with Crippen LogP contribution in [-0.4, -0.2) is 20.5 Å². The maximum Gasteiger partial charge on any atom is 0.261 e. The lowest BCUT2D eigenvalue weighted by Crippen LogP contribution is -2.28. The van der Waals surface area contributed by atoms with Gasteiger partial charge >= 0.3 is 0 Å². The summed E-state index contributed by atoms with van der Waals surface area (Å²) in [6.45, 7) is 1.66. The summed E-state index contributed by atoms with van der Waals surface area (Å²) in [4.78, 5) is 3.58. The van der Waals surface area contributed by atoms with Crippen molar-refractivity contribution in [1.82, 2.24) is 9.71 Å². The third-order valence-corrected chi connectivity index (χ3v) is 4.38. The van der Waals surface area contributed by atoms with E-state index in [2.05, 4.69) is 9.71 Å². The SMILES string of the molecule is COc1cccc(C(C)NS(=O)(=O)c2ncccc2F)c1. The van der Waals surface area contributed by atoms with Crippen LogP contribution in [0.4, 0.5) is 4.39 Å². The molecule has 1 heterocycles. The Bertz CT molecular complexity index is 735. The molecule has 0 saturated heterocycles. The minimum absolute atomic E-state index is 0.550. The summed E-state index contributed by atoms with van der Waals surface area (Å²) in [7, 11) is -2.51. The highest BCUT2D eigenvalue weighted by molar-refractivity contribution is 7.89. The van der Waals surface area contributed by atoms with Crippen molar-refractivity contribution in [2.24, 2.45) is 0 Å². The first kappa shape index (κ1) is 15.4. The van der Waals surface area contributed by atoms with Crippen LogP contribution in [0.2, 0.25) is 0 Å². The van der Waals surface area contributed by atoms with Crippen molar-refractivity contribution in [3.8, 4) is 5.75 Å². The van der Waals surface area contributed by atoms with E-state index in [0.717, 1.165) is 6.07 Å². The van der Waals surface area contributed by atoms with Gasteiger partial charge in [0, 0.05) is 12.2 Å². The smallest absolute Gasteiger partial charge is 0.261 e. The van der Waals surface area contributed by atoms with E-state index >= 15 is 0 Å². The fourth-order valence-corrected chi connectivity index (χ4v) is 3.07. The second kappa shape index (κ2) is 6.19. The first-order chi connectivity index (χ1) is 9.94. The third-order valence-electron chi connectivity index (χ3n) is 2.90. The van der Waals surface area contributed by atoms with Crippen LogP contribution in [0.1, 0.15) is 18.5 Å². The maximum absolute atomic E-state index is 13.6. The second-order valence-electron chi connectivity index (χ2n) is 4.41. The number of nitrogens with zero attached hydrogens (tertiary/aromatic N) is 1. The quantitative estimate of drug-likeness (QED) is 0.920. The van der Waals surface area contributed by atoms with Crippen molar-refractivity contribution in [3.63, 3.8) is 0 Å². The van der Waals surface area contributed by atoms with Crippen molar-refractivity contribution in [3.05, 3.63) is 54.0 Å². The Labute approximate surface area is 122 Å². The number of rotatable bonds is 5. The van der Waals surface area contributed by atoms with Gasteiger partial charge in [0.2, 0.25) is 5.03 Å². The zero-order valence-corrected chi connectivity index (χ0v) is 12.4. The number of hydrogen-bond acceptors (Lipinski definition) is 4. The molecule has 0 aliphatic carbocycles. The van der Waals surface area contributed by atoms with E-state index in [0.29, 0.717) is 11.3 Å². The van der Waals surface area contributed by atoms with Crippen LogP contribution in [-0.2, 0) is 10.0 Å². The maximum atomic E-state index is 13.6. The summed E-state index contributed by atoms with van der Waals surface area (Å²) in [5.74, 6) is -0.273. The normalized spacial score (nSPS) is 12.9. The lowest BCUT2D eigenvalue weighted by atomic mass is 10.1. The molecule has 2 rings (SSSR count). The van der Waals surface area contributed by atoms with Crippen LogP contribution in [0.15, 0.2) is 47.6 Å². The molecule has 2 aromatic rings. The molecule has 0 fully saturated rings. The average molecular weight is 310 g/mol. The molecule has 0 aliphatic rings. The van der Waals surface area contributed by atoms with Gasteiger partial charge < -0.3 is 4.74 Å². The van der Waals surface area contributed by atoms with Crippen LogP contribution >= 0.6 is 0 Å². The molecule has 21 heavy (non-hydrogen) atoms.